The van der Waals surface area contributed by atoms with Crippen LogP contribution < -0.4 is 11.4 Å². The van der Waals surface area contributed by atoms with Crippen LogP contribution in [0.1, 0.15) is 0 Å². The van der Waals surface area contributed by atoms with E-state index in [1.807, 2.05) is 0 Å². The van der Waals surface area contributed by atoms with Crippen LogP contribution in [-0.2, 0) is 0 Å². The first-order valence-electron chi connectivity index (χ1n) is 2.21. The molecule has 0 aliphatic rings. The van der Waals surface area contributed by atoms with E-state index in [1.165, 1.54) is 6.07 Å². The molecule has 0 saturated heterocycles. The number of nitrogens with two attached hydrogens (primary N) is 1. The van der Waals surface area contributed by atoms with E-state index in [4.69, 9.17) is 5.73 Å². The Labute approximate surface area is 55.2 Å². The number of aromatic nitrogens is 2. The van der Waals surface area contributed by atoms with Gasteiger partial charge >= 0.3 is 5.69 Å². The summed E-state index contributed by atoms with van der Waals surface area (Å²) in [6.07, 6.45) is 0.907. The lowest BCUT2D eigenvalue weighted by Crippen LogP contribution is -2.17. The topological polar surface area (TPSA) is 92.4 Å². The van der Waals surface area contributed by atoms with Gasteiger partial charge in [0.2, 0.25) is 0 Å². The van der Waals surface area contributed by atoms with Gasteiger partial charge in [-0.2, -0.15) is 4.98 Å². The Morgan fingerprint density at radius 1 is 1.70 bits per heavy atom. The van der Waals surface area contributed by atoms with E-state index in [2.05, 4.69) is 4.98 Å². The molecule has 1 aromatic rings. The SMILES string of the molecule is Nc1ccn(F)c(=O)n1.O. The van der Waals surface area contributed by atoms with Gasteiger partial charge in [0.05, 0.1) is 0 Å². The van der Waals surface area contributed by atoms with Gasteiger partial charge in [-0.15, -0.1) is 4.79 Å². The Morgan fingerprint density at radius 2 is 2.30 bits per heavy atom. The molecule has 0 aliphatic carbocycles. The largest absolute Gasteiger partial charge is 0.412 e. The smallest absolute Gasteiger partial charge is 0.377 e. The summed E-state index contributed by atoms with van der Waals surface area (Å²) < 4.78 is 12.0. The molecule has 4 N–H and O–H groups in total. The maximum Gasteiger partial charge on any atom is 0.377 e. The zero-order valence-corrected chi connectivity index (χ0v) is 4.91. The Balaban J connectivity index is 0.000000810. The fourth-order valence-electron chi connectivity index (χ4n) is 0.401. The van der Waals surface area contributed by atoms with E-state index in [0.717, 1.165) is 6.20 Å². The number of hydrogen-bond acceptors (Lipinski definition) is 3. The summed E-state index contributed by atoms with van der Waals surface area (Å²) >= 11 is 0. The molecule has 0 atom stereocenters. The Bertz CT molecular complexity index is 271. The van der Waals surface area contributed by atoms with Crippen LogP contribution in [0, 0.1) is 0 Å². The standard InChI is InChI=1S/C4H4FN3O.H2O/c5-8-2-1-3(6)7-4(8)9;/h1-2H,(H2,6,7,9);1H2. The summed E-state index contributed by atoms with van der Waals surface area (Å²) in [6, 6.07) is 1.20. The van der Waals surface area contributed by atoms with Crippen LogP contribution in [0.5, 0.6) is 0 Å². The van der Waals surface area contributed by atoms with Crippen LogP contribution in [0.4, 0.5) is 10.3 Å². The highest BCUT2D eigenvalue weighted by atomic mass is 19.2. The predicted molar refractivity (Wildman–Crippen MR) is 33.0 cm³/mol. The number of nitrogens with zero attached hydrogens (tertiary/aromatic N) is 2. The summed E-state index contributed by atoms with van der Waals surface area (Å²) in [6.45, 7) is 0. The second-order valence-corrected chi connectivity index (χ2v) is 1.45. The summed E-state index contributed by atoms with van der Waals surface area (Å²) in [5, 5.41) is 0. The average molecular weight is 147 g/mol. The maximum atomic E-state index is 12.0. The number of nitrogen functional groups attached to an aromatic ring is 1. The zero-order valence-electron chi connectivity index (χ0n) is 4.91. The van der Waals surface area contributed by atoms with Gasteiger partial charge in [-0.05, 0) is 6.07 Å². The zero-order chi connectivity index (χ0) is 6.85. The fraction of sp³-hybridized carbons (Fsp3) is 0. The van der Waals surface area contributed by atoms with Gasteiger partial charge in [0.25, 0.3) is 0 Å². The molecule has 1 aromatic heterocycles. The second-order valence-electron chi connectivity index (χ2n) is 1.45. The van der Waals surface area contributed by atoms with Crippen LogP contribution in [0.25, 0.3) is 0 Å². The van der Waals surface area contributed by atoms with E-state index in [-0.39, 0.29) is 16.1 Å². The lowest BCUT2D eigenvalue weighted by atomic mass is 10.6. The molecule has 0 fully saturated rings. The molecule has 0 saturated carbocycles. The van der Waals surface area contributed by atoms with Crippen molar-refractivity contribution in [2.75, 3.05) is 5.73 Å². The Morgan fingerprint density at radius 3 is 2.70 bits per heavy atom. The summed E-state index contributed by atoms with van der Waals surface area (Å²) in [4.78, 5) is 13.2. The van der Waals surface area contributed by atoms with Crippen LogP contribution >= 0.6 is 0 Å². The highest BCUT2D eigenvalue weighted by molar-refractivity contribution is 5.22. The second kappa shape index (κ2) is 2.92. The first-order chi connectivity index (χ1) is 4.20. The van der Waals surface area contributed by atoms with Crippen molar-refractivity contribution in [1.29, 1.82) is 0 Å². The van der Waals surface area contributed by atoms with Gasteiger partial charge in [0, 0.05) is 6.20 Å². The molecular weight excluding hydrogens is 141 g/mol. The molecule has 1 rings (SSSR count). The van der Waals surface area contributed by atoms with Crippen LogP contribution in [0.3, 0.4) is 0 Å². The number of rotatable bonds is 0. The molecule has 10 heavy (non-hydrogen) atoms. The molecule has 0 aliphatic heterocycles. The van der Waals surface area contributed by atoms with E-state index in [9.17, 15) is 9.28 Å². The van der Waals surface area contributed by atoms with Crippen molar-refractivity contribution in [1.82, 2.24) is 9.77 Å². The molecule has 5 nitrogen and oxygen atoms in total. The minimum atomic E-state index is -0.991. The quantitative estimate of drug-likeness (QED) is 0.496. The van der Waals surface area contributed by atoms with Gasteiger partial charge in [-0.25, -0.2) is 4.79 Å². The minimum absolute atomic E-state index is 0. The molecule has 0 amide bonds. The van der Waals surface area contributed by atoms with Gasteiger partial charge in [0.1, 0.15) is 5.82 Å². The van der Waals surface area contributed by atoms with Crippen molar-refractivity contribution in [3.63, 3.8) is 0 Å². The van der Waals surface area contributed by atoms with Crippen molar-refractivity contribution < 1.29 is 9.96 Å². The average Bonchev–Trinajstić information content (AvgIpc) is 1.80. The third kappa shape index (κ3) is 1.52. The molecule has 1 heterocycles. The predicted octanol–water partition coefficient (Wildman–Crippen LogP) is -1.27. The van der Waals surface area contributed by atoms with Crippen molar-refractivity contribution in [2.24, 2.45) is 0 Å². The van der Waals surface area contributed by atoms with Crippen LogP contribution in [0.15, 0.2) is 17.1 Å². The summed E-state index contributed by atoms with van der Waals surface area (Å²) in [7, 11) is 0. The molecule has 0 bridgehead atoms. The van der Waals surface area contributed by atoms with Gasteiger partial charge < -0.3 is 11.2 Å². The maximum absolute atomic E-state index is 12.0. The summed E-state index contributed by atoms with van der Waals surface area (Å²) in [5.74, 6) is 0.0221. The van der Waals surface area contributed by atoms with Gasteiger partial charge in [0.15, 0.2) is 0 Å². The molecule has 56 valence electrons. The molecule has 0 spiro atoms. The Hall–Kier alpha value is -1.43. The molecule has 0 radical (unpaired) electrons. The molecule has 0 aromatic carbocycles. The van der Waals surface area contributed by atoms with E-state index in [0.29, 0.717) is 0 Å². The number of hydrogen-bond donors (Lipinski definition) is 1. The highest BCUT2D eigenvalue weighted by Gasteiger charge is 1.91. The first kappa shape index (κ1) is 8.57. The number of halogens is 1. The highest BCUT2D eigenvalue weighted by Crippen LogP contribution is 1.87. The van der Waals surface area contributed by atoms with E-state index < -0.39 is 5.69 Å². The normalized spacial score (nSPS) is 8.50. The molecule has 6 heteroatoms. The molecular formula is C4H6FN3O2. The van der Waals surface area contributed by atoms with E-state index >= 15 is 0 Å². The lowest BCUT2D eigenvalue weighted by molar-refractivity contribution is 0.344. The van der Waals surface area contributed by atoms with Crippen molar-refractivity contribution >= 4 is 5.82 Å². The third-order valence-corrected chi connectivity index (χ3v) is 0.784. The first-order valence-corrected chi connectivity index (χ1v) is 2.21. The minimum Gasteiger partial charge on any atom is -0.412 e. The van der Waals surface area contributed by atoms with Crippen LogP contribution in [-0.4, -0.2) is 15.2 Å². The van der Waals surface area contributed by atoms with Gasteiger partial charge in [-0.1, -0.05) is 4.48 Å². The Kier molecular flexibility index (Phi) is 2.51. The summed E-state index contributed by atoms with van der Waals surface area (Å²) in [5.41, 5.74) is 4.05. The number of anilines is 1. The molecule has 0 unspecified atom stereocenters. The third-order valence-electron chi connectivity index (χ3n) is 0.784. The van der Waals surface area contributed by atoms with Crippen molar-refractivity contribution in [3.05, 3.63) is 22.7 Å². The monoisotopic (exact) mass is 147 g/mol. The fourth-order valence-corrected chi connectivity index (χ4v) is 0.401. The van der Waals surface area contributed by atoms with Crippen molar-refractivity contribution in [3.8, 4) is 0 Å². The van der Waals surface area contributed by atoms with Crippen LogP contribution in [0.2, 0.25) is 0 Å². The van der Waals surface area contributed by atoms with Crippen molar-refractivity contribution in [2.45, 2.75) is 0 Å². The van der Waals surface area contributed by atoms with E-state index in [1.54, 1.807) is 0 Å². The lowest BCUT2D eigenvalue weighted by Gasteiger charge is -1.88. The van der Waals surface area contributed by atoms with Gasteiger partial charge in [-0.3, -0.25) is 0 Å².